The van der Waals surface area contributed by atoms with Crippen molar-refractivity contribution in [3.63, 3.8) is 0 Å². The molecule has 160 valence electrons. The first-order valence-corrected chi connectivity index (χ1v) is 10.9. The van der Waals surface area contributed by atoms with Crippen LogP contribution in [0.5, 0.6) is 0 Å². The molecule has 1 aromatic carbocycles. The van der Waals surface area contributed by atoms with Gasteiger partial charge in [-0.1, -0.05) is 35.5 Å². The summed E-state index contributed by atoms with van der Waals surface area (Å²) in [5, 5.41) is 3.50. The molecule has 7 nitrogen and oxygen atoms in total. The summed E-state index contributed by atoms with van der Waals surface area (Å²) in [6.45, 7) is 5.81. The Labute approximate surface area is 184 Å². The van der Waals surface area contributed by atoms with Gasteiger partial charge < -0.3 is 15.1 Å². The molecule has 2 amide bonds. The molecule has 0 bridgehead atoms. The van der Waals surface area contributed by atoms with E-state index in [0.29, 0.717) is 42.3 Å². The van der Waals surface area contributed by atoms with Gasteiger partial charge in [-0.3, -0.25) is 9.59 Å². The average molecular weight is 452 g/mol. The zero-order valence-corrected chi connectivity index (χ0v) is 18.3. The number of carbonyl (C=O) groups is 2. The molecule has 1 fully saturated rings. The quantitative estimate of drug-likeness (QED) is 0.413. The number of aromatic nitrogens is 2. The predicted octanol–water partition coefficient (Wildman–Crippen LogP) is 2.73. The minimum atomic E-state index is -0.313. The van der Waals surface area contributed by atoms with E-state index in [1.54, 1.807) is 25.1 Å². The summed E-state index contributed by atoms with van der Waals surface area (Å²) < 4.78 is 12.9. The van der Waals surface area contributed by atoms with E-state index in [0.717, 1.165) is 5.56 Å². The van der Waals surface area contributed by atoms with E-state index in [-0.39, 0.29) is 29.4 Å². The summed E-state index contributed by atoms with van der Waals surface area (Å²) in [6.07, 6.45) is 0. The molecule has 2 heterocycles. The Hall–Kier alpha value is -2.39. The Kier molecular flexibility index (Phi) is 7.49. The zero-order valence-electron chi connectivity index (χ0n) is 16.8. The van der Waals surface area contributed by atoms with Crippen molar-refractivity contribution in [2.75, 3.05) is 30.3 Å². The van der Waals surface area contributed by atoms with Crippen molar-refractivity contribution in [3.05, 3.63) is 46.9 Å². The lowest BCUT2D eigenvalue weighted by atomic mass is 10.2. The van der Waals surface area contributed by atoms with Crippen LogP contribution in [0.15, 0.2) is 35.5 Å². The third kappa shape index (κ3) is 6.06. The maximum Gasteiger partial charge on any atom is 0.230 e. The highest BCUT2D eigenvalue weighted by Crippen LogP contribution is 2.24. The molecular weight excluding hydrogens is 429 g/mol. The van der Waals surface area contributed by atoms with Gasteiger partial charge in [-0.15, -0.1) is 0 Å². The normalized spacial score (nSPS) is 16.5. The van der Waals surface area contributed by atoms with E-state index in [1.807, 2.05) is 11.8 Å². The Morgan fingerprint density at radius 1 is 1.27 bits per heavy atom. The average Bonchev–Trinajstić information content (AvgIpc) is 2.71. The molecule has 1 aliphatic heterocycles. The summed E-state index contributed by atoms with van der Waals surface area (Å²) in [5.74, 6) is 0.380. The van der Waals surface area contributed by atoms with Crippen molar-refractivity contribution in [3.8, 4) is 0 Å². The highest BCUT2D eigenvalue weighted by Gasteiger charge is 2.26. The second-order valence-electron chi connectivity index (χ2n) is 7.03. The van der Waals surface area contributed by atoms with Crippen LogP contribution in [0.3, 0.4) is 0 Å². The SMILES string of the molecule is CC(=O)N1CCN(c2cc(Cl)nc(SCC(=O)NCc3ccc(F)cc3)n2)CC1C. The number of anilines is 1. The summed E-state index contributed by atoms with van der Waals surface area (Å²) in [6, 6.07) is 7.72. The van der Waals surface area contributed by atoms with Crippen molar-refractivity contribution in [1.82, 2.24) is 20.2 Å². The third-order valence-electron chi connectivity index (χ3n) is 4.75. The van der Waals surface area contributed by atoms with E-state index in [4.69, 9.17) is 11.6 Å². The van der Waals surface area contributed by atoms with Crippen LogP contribution in [0.2, 0.25) is 5.15 Å². The lowest BCUT2D eigenvalue weighted by Crippen LogP contribution is -2.53. The molecule has 1 atom stereocenters. The fourth-order valence-electron chi connectivity index (χ4n) is 3.23. The number of hydrogen-bond donors (Lipinski definition) is 1. The van der Waals surface area contributed by atoms with Crippen LogP contribution < -0.4 is 10.2 Å². The van der Waals surface area contributed by atoms with Crippen LogP contribution in [0.25, 0.3) is 0 Å². The van der Waals surface area contributed by atoms with E-state index in [2.05, 4.69) is 20.2 Å². The van der Waals surface area contributed by atoms with Crippen LogP contribution in [-0.4, -0.2) is 58.1 Å². The van der Waals surface area contributed by atoms with Crippen molar-refractivity contribution in [1.29, 1.82) is 0 Å². The van der Waals surface area contributed by atoms with Crippen molar-refractivity contribution in [2.45, 2.75) is 31.6 Å². The molecule has 0 aliphatic carbocycles. The molecule has 30 heavy (non-hydrogen) atoms. The molecule has 0 saturated carbocycles. The first kappa shape index (κ1) is 22.3. The van der Waals surface area contributed by atoms with Crippen LogP contribution in [0.4, 0.5) is 10.2 Å². The number of benzene rings is 1. The van der Waals surface area contributed by atoms with Crippen LogP contribution in [0.1, 0.15) is 19.4 Å². The van der Waals surface area contributed by atoms with Gasteiger partial charge in [0, 0.05) is 45.2 Å². The van der Waals surface area contributed by atoms with Crippen molar-refractivity contribution < 1.29 is 14.0 Å². The largest absolute Gasteiger partial charge is 0.353 e. The van der Waals surface area contributed by atoms with Gasteiger partial charge in [0.2, 0.25) is 11.8 Å². The van der Waals surface area contributed by atoms with E-state index in [1.165, 1.54) is 23.9 Å². The van der Waals surface area contributed by atoms with Crippen LogP contribution in [0, 0.1) is 5.82 Å². The van der Waals surface area contributed by atoms with Gasteiger partial charge in [-0.25, -0.2) is 14.4 Å². The summed E-state index contributed by atoms with van der Waals surface area (Å²) in [4.78, 5) is 36.4. The maximum atomic E-state index is 12.9. The van der Waals surface area contributed by atoms with Crippen LogP contribution in [-0.2, 0) is 16.1 Å². The number of hydrogen-bond acceptors (Lipinski definition) is 6. The maximum absolute atomic E-state index is 12.9. The standard InChI is InChI=1S/C20H23ClFN5O2S/c1-13-11-26(7-8-27(13)14(2)28)18-9-17(21)24-20(25-18)30-12-19(29)23-10-15-3-5-16(22)6-4-15/h3-6,9,13H,7-8,10-12H2,1-2H3,(H,23,29). The fraction of sp³-hybridized carbons (Fsp3) is 0.400. The number of nitrogens with zero attached hydrogens (tertiary/aromatic N) is 4. The number of piperazine rings is 1. The Morgan fingerprint density at radius 3 is 2.67 bits per heavy atom. The predicted molar refractivity (Wildman–Crippen MR) is 115 cm³/mol. The van der Waals surface area contributed by atoms with E-state index < -0.39 is 0 Å². The molecule has 1 aliphatic rings. The van der Waals surface area contributed by atoms with Gasteiger partial charge in [-0.2, -0.15) is 0 Å². The lowest BCUT2D eigenvalue weighted by molar-refractivity contribution is -0.131. The van der Waals surface area contributed by atoms with Gasteiger partial charge in [-0.05, 0) is 24.6 Å². The van der Waals surface area contributed by atoms with E-state index in [9.17, 15) is 14.0 Å². The second-order valence-corrected chi connectivity index (χ2v) is 8.36. The summed E-state index contributed by atoms with van der Waals surface area (Å²) in [5.41, 5.74) is 0.815. The Bertz CT molecular complexity index is 915. The number of nitrogens with one attached hydrogen (secondary N) is 1. The molecule has 1 N–H and O–H groups in total. The molecular formula is C20H23ClFN5O2S. The molecule has 2 aromatic rings. The first-order valence-electron chi connectivity index (χ1n) is 9.52. The highest BCUT2D eigenvalue weighted by molar-refractivity contribution is 7.99. The molecule has 0 spiro atoms. The molecule has 1 aromatic heterocycles. The molecule has 1 unspecified atom stereocenters. The van der Waals surface area contributed by atoms with Gasteiger partial charge in [0.15, 0.2) is 5.16 Å². The first-order chi connectivity index (χ1) is 14.3. The van der Waals surface area contributed by atoms with Crippen molar-refractivity contribution in [2.24, 2.45) is 0 Å². The third-order valence-corrected chi connectivity index (χ3v) is 5.79. The fourth-order valence-corrected chi connectivity index (χ4v) is 4.14. The second kappa shape index (κ2) is 10.1. The van der Waals surface area contributed by atoms with Gasteiger partial charge >= 0.3 is 0 Å². The Balaban J connectivity index is 1.55. The van der Waals surface area contributed by atoms with Crippen molar-refractivity contribution >= 4 is 41.0 Å². The molecule has 10 heteroatoms. The zero-order chi connectivity index (χ0) is 21.7. The minimum absolute atomic E-state index is 0.0609. The topological polar surface area (TPSA) is 78.4 Å². The summed E-state index contributed by atoms with van der Waals surface area (Å²) in [7, 11) is 0. The highest BCUT2D eigenvalue weighted by atomic mass is 35.5. The van der Waals surface area contributed by atoms with Crippen LogP contribution >= 0.6 is 23.4 Å². The molecule has 0 radical (unpaired) electrons. The Morgan fingerprint density at radius 2 is 2.00 bits per heavy atom. The number of amides is 2. The van der Waals surface area contributed by atoms with Gasteiger partial charge in [0.25, 0.3) is 0 Å². The number of rotatable bonds is 6. The molecule has 1 saturated heterocycles. The number of thioether (sulfide) groups is 1. The number of carbonyl (C=O) groups excluding carboxylic acids is 2. The summed E-state index contributed by atoms with van der Waals surface area (Å²) >= 11 is 7.36. The molecule has 3 rings (SSSR count). The monoisotopic (exact) mass is 451 g/mol. The smallest absolute Gasteiger partial charge is 0.230 e. The van der Waals surface area contributed by atoms with Gasteiger partial charge in [0.1, 0.15) is 16.8 Å². The lowest BCUT2D eigenvalue weighted by Gasteiger charge is -2.40. The van der Waals surface area contributed by atoms with Gasteiger partial charge in [0.05, 0.1) is 5.75 Å². The van der Waals surface area contributed by atoms with E-state index >= 15 is 0 Å². The minimum Gasteiger partial charge on any atom is -0.353 e. The number of halogens is 2.